The fourth-order valence-corrected chi connectivity index (χ4v) is 4.20. The highest BCUT2D eigenvalue weighted by Crippen LogP contribution is 2.56. The van der Waals surface area contributed by atoms with Crippen LogP contribution in [0.15, 0.2) is 12.1 Å². The van der Waals surface area contributed by atoms with Crippen molar-refractivity contribution < 1.29 is 14.3 Å². The number of carbonyl (C=O) groups is 1. The highest BCUT2D eigenvalue weighted by atomic mass is 16.5. The van der Waals surface area contributed by atoms with Crippen molar-refractivity contribution in [2.45, 2.75) is 31.5 Å². The van der Waals surface area contributed by atoms with E-state index in [0.29, 0.717) is 22.4 Å². The first kappa shape index (κ1) is 14.6. The third-order valence-corrected chi connectivity index (χ3v) is 5.68. The van der Waals surface area contributed by atoms with E-state index in [1.807, 2.05) is 22.9 Å². The zero-order valence-corrected chi connectivity index (χ0v) is 13.8. The van der Waals surface area contributed by atoms with Crippen molar-refractivity contribution in [1.29, 1.82) is 0 Å². The van der Waals surface area contributed by atoms with Gasteiger partial charge < -0.3 is 25.0 Å². The number of fused-ring (bicyclic) bond motifs is 2. The number of rotatable bonds is 2. The highest BCUT2D eigenvalue weighted by Gasteiger charge is 2.57. The lowest BCUT2D eigenvalue weighted by Gasteiger charge is -2.33. The number of hydrogen-bond donors (Lipinski definition) is 1. The van der Waals surface area contributed by atoms with Crippen LogP contribution in [0.4, 0.5) is 11.4 Å². The van der Waals surface area contributed by atoms with Crippen LogP contribution in [-0.4, -0.2) is 50.9 Å². The molecule has 2 aliphatic heterocycles. The third kappa shape index (κ3) is 2.01. The first-order valence-electron chi connectivity index (χ1n) is 8.04. The molecular weight excluding hydrogens is 294 g/mol. The van der Waals surface area contributed by atoms with Crippen LogP contribution in [0.3, 0.4) is 0 Å². The summed E-state index contributed by atoms with van der Waals surface area (Å²) >= 11 is 0. The Morgan fingerprint density at radius 1 is 1.30 bits per heavy atom. The maximum absolute atomic E-state index is 13.2. The predicted octanol–water partition coefficient (Wildman–Crippen LogP) is 1.69. The van der Waals surface area contributed by atoms with Gasteiger partial charge in [-0.25, -0.2) is 0 Å². The quantitative estimate of drug-likeness (QED) is 0.841. The van der Waals surface area contributed by atoms with Gasteiger partial charge >= 0.3 is 0 Å². The fraction of sp³-hybridized carbons (Fsp3) is 0.588. The molecule has 2 fully saturated rings. The third-order valence-electron chi connectivity index (χ3n) is 5.68. The zero-order chi connectivity index (χ0) is 16.4. The first-order chi connectivity index (χ1) is 11.0. The molecule has 23 heavy (non-hydrogen) atoms. The van der Waals surface area contributed by atoms with Crippen molar-refractivity contribution in [3.63, 3.8) is 0 Å². The molecule has 3 aliphatic rings. The van der Waals surface area contributed by atoms with Crippen LogP contribution in [0, 0.1) is 5.41 Å². The largest absolute Gasteiger partial charge is 0.495 e. The summed E-state index contributed by atoms with van der Waals surface area (Å²) < 4.78 is 11.1. The fourth-order valence-electron chi connectivity index (χ4n) is 4.20. The van der Waals surface area contributed by atoms with E-state index in [2.05, 4.69) is 0 Å². The summed E-state index contributed by atoms with van der Waals surface area (Å²) in [5.74, 6) is 0.594. The van der Waals surface area contributed by atoms with Crippen LogP contribution in [0.2, 0.25) is 0 Å². The predicted molar refractivity (Wildman–Crippen MR) is 87.7 cm³/mol. The Morgan fingerprint density at radius 2 is 2.04 bits per heavy atom. The van der Waals surface area contributed by atoms with Crippen LogP contribution in [0.1, 0.15) is 29.6 Å². The van der Waals surface area contributed by atoms with Gasteiger partial charge in [-0.05, 0) is 36.8 Å². The lowest BCUT2D eigenvalue weighted by atomic mass is 10.0. The molecule has 1 saturated carbocycles. The maximum Gasteiger partial charge on any atom is 0.256 e. The first-order valence-corrected chi connectivity index (χ1v) is 8.04. The van der Waals surface area contributed by atoms with Crippen LogP contribution in [0.25, 0.3) is 0 Å². The number of amides is 1. The van der Waals surface area contributed by atoms with Gasteiger partial charge in [-0.15, -0.1) is 0 Å². The number of ether oxygens (including phenoxy) is 2. The van der Waals surface area contributed by atoms with Crippen LogP contribution in [-0.2, 0) is 4.74 Å². The van der Waals surface area contributed by atoms with Crippen LogP contribution in [0.5, 0.6) is 5.75 Å². The summed E-state index contributed by atoms with van der Waals surface area (Å²) in [7, 11) is 5.24. The van der Waals surface area contributed by atoms with Crippen molar-refractivity contribution in [3.8, 4) is 5.75 Å². The number of hydrogen-bond acceptors (Lipinski definition) is 5. The van der Waals surface area contributed by atoms with Gasteiger partial charge in [0, 0.05) is 20.7 Å². The molecule has 6 nitrogen and oxygen atoms in total. The van der Waals surface area contributed by atoms with Gasteiger partial charge in [0.25, 0.3) is 5.91 Å². The standard InChI is InChI=1S/C17H23N3O3/c1-19-12-7-11(18)14(22-2)6-10(12)15(21)20-9-17(4-5-17)8-13(20)16(19)23-3/h6-7,13,16H,4-5,8-9,18H2,1-3H3. The van der Waals surface area contributed by atoms with E-state index in [1.165, 1.54) is 12.8 Å². The molecule has 0 radical (unpaired) electrons. The average Bonchev–Trinajstić information content (AvgIpc) is 3.20. The van der Waals surface area contributed by atoms with Gasteiger partial charge in [0.15, 0.2) is 0 Å². The summed E-state index contributed by atoms with van der Waals surface area (Å²) in [5, 5.41) is 0. The molecule has 2 unspecified atom stereocenters. The summed E-state index contributed by atoms with van der Waals surface area (Å²) in [5.41, 5.74) is 8.35. The Hall–Kier alpha value is -1.95. The van der Waals surface area contributed by atoms with E-state index >= 15 is 0 Å². The van der Waals surface area contributed by atoms with Gasteiger partial charge in [-0.1, -0.05) is 0 Å². The van der Waals surface area contributed by atoms with E-state index in [4.69, 9.17) is 15.2 Å². The molecule has 0 aromatic heterocycles. The van der Waals surface area contributed by atoms with Gasteiger partial charge in [-0.3, -0.25) is 4.79 Å². The smallest absolute Gasteiger partial charge is 0.256 e. The van der Waals surface area contributed by atoms with E-state index in [1.54, 1.807) is 20.3 Å². The number of nitrogens with zero attached hydrogens (tertiary/aromatic N) is 2. The molecule has 2 atom stereocenters. The summed E-state index contributed by atoms with van der Waals surface area (Å²) in [6.07, 6.45) is 3.28. The molecule has 0 bridgehead atoms. The van der Waals surface area contributed by atoms with Crippen molar-refractivity contribution in [3.05, 3.63) is 17.7 Å². The van der Waals surface area contributed by atoms with Crippen LogP contribution >= 0.6 is 0 Å². The zero-order valence-electron chi connectivity index (χ0n) is 13.8. The van der Waals surface area contributed by atoms with E-state index in [9.17, 15) is 4.79 Å². The Morgan fingerprint density at radius 3 is 2.65 bits per heavy atom. The molecule has 1 saturated heterocycles. The molecule has 2 N–H and O–H groups in total. The molecule has 1 aromatic carbocycles. The average molecular weight is 317 g/mol. The monoisotopic (exact) mass is 317 g/mol. The van der Waals surface area contributed by atoms with Gasteiger partial charge in [-0.2, -0.15) is 0 Å². The normalized spacial score (nSPS) is 27.7. The van der Waals surface area contributed by atoms with Gasteiger partial charge in [0.05, 0.1) is 30.1 Å². The molecular formula is C17H23N3O3. The molecule has 4 rings (SSSR count). The molecule has 2 heterocycles. The molecule has 1 spiro atoms. The molecule has 1 amide bonds. The number of methoxy groups -OCH3 is 2. The second-order valence-electron chi connectivity index (χ2n) is 7.05. The number of benzene rings is 1. The summed E-state index contributed by atoms with van der Waals surface area (Å²) in [6, 6.07) is 3.66. The summed E-state index contributed by atoms with van der Waals surface area (Å²) in [6.45, 7) is 0.830. The van der Waals surface area contributed by atoms with E-state index < -0.39 is 0 Å². The number of nitrogen functional groups attached to an aromatic ring is 1. The van der Waals surface area contributed by atoms with Crippen molar-refractivity contribution in [2.24, 2.45) is 5.41 Å². The molecule has 124 valence electrons. The number of nitrogens with two attached hydrogens (primary N) is 1. The highest BCUT2D eigenvalue weighted by molar-refractivity contribution is 6.02. The Kier molecular flexibility index (Phi) is 3.04. The molecule has 1 aliphatic carbocycles. The Balaban J connectivity index is 1.85. The number of anilines is 2. The second-order valence-corrected chi connectivity index (χ2v) is 7.05. The molecule has 6 heteroatoms. The lowest BCUT2D eigenvalue weighted by molar-refractivity contribution is 0.0312. The second kappa shape index (κ2) is 4.77. The van der Waals surface area contributed by atoms with Crippen molar-refractivity contribution in [1.82, 2.24) is 4.90 Å². The number of carbonyl (C=O) groups excluding carboxylic acids is 1. The van der Waals surface area contributed by atoms with E-state index in [0.717, 1.165) is 18.7 Å². The minimum absolute atomic E-state index is 0.0541. The topological polar surface area (TPSA) is 68.0 Å². The van der Waals surface area contributed by atoms with Gasteiger partial charge in [0.1, 0.15) is 12.0 Å². The minimum Gasteiger partial charge on any atom is -0.495 e. The Bertz CT molecular complexity index is 671. The van der Waals surface area contributed by atoms with Crippen molar-refractivity contribution >= 4 is 17.3 Å². The maximum atomic E-state index is 13.2. The minimum atomic E-state index is -0.159. The van der Waals surface area contributed by atoms with Crippen LogP contribution < -0.4 is 15.4 Å². The van der Waals surface area contributed by atoms with Crippen molar-refractivity contribution in [2.75, 3.05) is 38.4 Å². The number of likely N-dealkylation sites (N-methyl/N-ethyl adjacent to an activating group) is 1. The summed E-state index contributed by atoms with van der Waals surface area (Å²) in [4.78, 5) is 17.2. The molecule has 1 aromatic rings. The van der Waals surface area contributed by atoms with E-state index in [-0.39, 0.29) is 18.2 Å². The SMILES string of the molecule is COc1cc2c(cc1N)N(C)C(OC)C1CC3(CC3)CN1C2=O. The Labute approximate surface area is 136 Å². The van der Waals surface area contributed by atoms with Gasteiger partial charge in [0.2, 0.25) is 0 Å². The lowest BCUT2D eigenvalue weighted by Crippen LogP contribution is -2.48.